The Morgan fingerprint density at radius 3 is 2.21 bits per heavy atom. The number of nitrogen functional groups attached to an aromatic ring is 2. The number of benzene rings is 1. The largest absolute Gasteiger partial charge is 0.493 e. The molecule has 0 amide bonds. The van der Waals surface area contributed by atoms with Crippen molar-refractivity contribution in [3.63, 3.8) is 0 Å². The summed E-state index contributed by atoms with van der Waals surface area (Å²) in [7, 11) is 3.21. The third-order valence-electron chi connectivity index (χ3n) is 3.14. The molecule has 1 heterocycles. The lowest BCUT2D eigenvalue weighted by Crippen LogP contribution is -2.02. The summed E-state index contributed by atoms with van der Waals surface area (Å²) in [6.07, 6.45) is 1.83. The molecule has 1 aromatic carbocycles. The topological polar surface area (TPSA) is 106 Å². The maximum absolute atomic E-state index is 5.81. The summed E-state index contributed by atoms with van der Waals surface area (Å²) in [5.74, 6) is 3.57. The van der Waals surface area contributed by atoms with E-state index in [0.29, 0.717) is 40.6 Å². The van der Waals surface area contributed by atoms with Crippen molar-refractivity contribution >= 4 is 23.4 Å². The predicted molar refractivity (Wildman–Crippen MR) is 95.9 cm³/mol. The van der Waals surface area contributed by atoms with Crippen molar-refractivity contribution < 1.29 is 14.2 Å². The molecule has 24 heavy (non-hydrogen) atoms. The van der Waals surface area contributed by atoms with Crippen LogP contribution >= 0.6 is 11.8 Å². The minimum Gasteiger partial charge on any atom is -0.493 e. The highest BCUT2D eigenvalue weighted by molar-refractivity contribution is 7.99. The fourth-order valence-electron chi connectivity index (χ4n) is 2.03. The van der Waals surface area contributed by atoms with Gasteiger partial charge in [0.25, 0.3) is 0 Å². The van der Waals surface area contributed by atoms with Gasteiger partial charge in [-0.25, -0.2) is 9.97 Å². The molecule has 0 spiro atoms. The van der Waals surface area contributed by atoms with Gasteiger partial charge in [0.15, 0.2) is 16.7 Å². The zero-order chi connectivity index (χ0) is 17.4. The van der Waals surface area contributed by atoms with Gasteiger partial charge in [-0.15, -0.1) is 0 Å². The first-order chi connectivity index (χ1) is 11.6. The zero-order valence-electron chi connectivity index (χ0n) is 13.8. The molecular weight excluding hydrogens is 328 g/mol. The van der Waals surface area contributed by atoms with Crippen LogP contribution in [0.25, 0.3) is 0 Å². The third kappa shape index (κ3) is 5.09. The van der Waals surface area contributed by atoms with E-state index in [2.05, 4.69) is 9.97 Å². The highest BCUT2D eigenvalue weighted by Crippen LogP contribution is 2.36. The zero-order valence-corrected chi connectivity index (χ0v) is 14.6. The Labute approximate surface area is 145 Å². The Morgan fingerprint density at radius 2 is 1.62 bits per heavy atom. The van der Waals surface area contributed by atoms with Crippen molar-refractivity contribution in [2.24, 2.45) is 0 Å². The van der Waals surface area contributed by atoms with Gasteiger partial charge < -0.3 is 25.7 Å². The number of nitrogens with zero attached hydrogens (tertiary/aromatic N) is 2. The van der Waals surface area contributed by atoms with E-state index in [4.69, 9.17) is 25.7 Å². The van der Waals surface area contributed by atoms with Gasteiger partial charge in [-0.2, -0.15) is 0 Å². The Kier molecular flexibility index (Phi) is 6.80. The highest BCUT2D eigenvalue weighted by Gasteiger charge is 2.10. The highest BCUT2D eigenvalue weighted by atomic mass is 32.2. The number of aromatic nitrogens is 2. The van der Waals surface area contributed by atoms with Crippen LogP contribution in [0, 0.1) is 0 Å². The molecule has 0 saturated carbocycles. The summed E-state index contributed by atoms with van der Waals surface area (Å²) in [4.78, 5) is 8.26. The Bertz CT molecular complexity index is 627. The summed E-state index contributed by atoms with van der Waals surface area (Å²) in [5.41, 5.74) is 11.3. The maximum Gasteiger partial charge on any atom is 0.203 e. The Hall–Kier alpha value is -2.35. The van der Waals surface area contributed by atoms with Crippen molar-refractivity contribution in [1.29, 1.82) is 0 Å². The van der Waals surface area contributed by atoms with Gasteiger partial charge in [-0.1, -0.05) is 17.8 Å². The molecule has 0 bridgehead atoms. The van der Waals surface area contributed by atoms with Crippen molar-refractivity contribution in [3.8, 4) is 17.2 Å². The SMILES string of the molecule is COc1cccc(OC)c1OCCCCSc1nc(N)cc(N)n1. The van der Waals surface area contributed by atoms with E-state index in [0.717, 1.165) is 18.6 Å². The van der Waals surface area contributed by atoms with Crippen LogP contribution in [0.2, 0.25) is 0 Å². The number of anilines is 2. The fraction of sp³-hybridized carbons (Fsp3) is 0.375. The molecule has 0 aliphatic rings. The van der Waals surface area contributed by atoms with Crippen LogP contribution in [0.15, 0.2) is 29.4 Å². The lowest BCUT2D eigenvalue weighted by atomic mass is 10.3. The lowest BCUT2D eigenvalue weighted by Gasteiger charge is -2.13. The van der Waals surface area contributed by atoms with Crippen LogP contribution in [-0.2, 0) is 0 Å². The molecule has 130 valence electrons. The van der Waals surface area contributed by atoms with E-state index in [1.54, 1.807) is 20.3 Å². The van der Waals surface area contributed by atoms with Crippen LogP contribution < -0.4 is 25.7 Å². The number of hydrogen-bond donors (Lipinski definition) is 2. The van der Waals surface area contributed by atoms with Crippen molar-refractivity contribution in [3.05, 3.63) is 24.3 Å². The first kappa shape index (κ1) is 18.0. The Balaban J connectivity index is 1.75. The number of para-hydroxylation sites is 1. The van der Waals surface area contributed by atoms with Crippen LogP contribution in [0.3, 0.4) is 0 Å². The molecule has 0 radical (unpaired) electrons. The molecule has 0 saturated heterocycles. The lowest BCUT2D eigenvalue weighted by molar-refractivity contribution is 0.270. The number of rotatable bonds is 9. The van der Waals surface area contributed by atoms with Crippen LogP contribution in [0.5, 0.6) is 17.2 Å². The van der Waals surface area contributed by atoms with Gasteiger partial charge in [-0.3, -0.25) is 0 Å². The second-order valence-corrected chi connectivity index (χ2v) is 5.96. The number of unbranched alkanes of at least 4 members (excludes halogenated alkanes) is 1. The first-order valence-electron chi connectivity index (χ1n) is 7.50. The van der Waals surface area contributed by atoms with E-state index in [9.17, 15) is 0 Å². The summed E-state index contributed by atoms with van der Waals surface area (Å²) in [6, 6.07) is 7.08. The molecule has 2 rings (SSSR count). The summed E-state index contributed by atoms with van der Waals surface area (Å²) >= 11 is 1.52. The van der Waals surface area contributed by atoms with E-state index in [1.165, 1.54) is 11.8 Å². The molecule has 0 aliphatic heterocycles. The third-order valence-corrected chi connectivity index (χ3v) is 4.08. The molecule has 0 unspecified atom stereocenters. The second-order valence-electron chi connectivity index (χ2n) is 4.90. The van der Waals surface area contributed by atoms with E-state index < -0.39 is 0 Å². The fourth-order valence-corrected chi connectivity index (χ4v) is 2.90. The molecule has 4 N–H and O–H groups in total. The van der Waals surface area contributed by atoms with Gasteiger partial charge in [0.05, 0.1) is 20.8 Å². The van der Waals surface area contributed by atoms with Crippen molar-refractivity contribution in [2.75, 3.05) is 38.0 Å². The van der Waals surface area contributed by atoms with Crippen LogP contribution in [0.4, 0.5) is 11.6 Å². The van der Waals surface area contributed by atoms with Gasteiger partial charge in [0, 0.05) is 11.8 Å². The summed E-state index contributed by atoms with van der Waals surface area (Å²) in [5, 5.41) is 0.597. The van der Waals surface area contributed by atoms with E-state index in [1.807, 2.05) is 18.2 Å². The number of thioether (sulfide) groups is 1. The van der Waals surface area contributed by atoms with Gasteiger partial charge in [0.1, 0.15) is 11.6 Å². The summed E-state index contributed by atoms with van der Waals surface area (Å²) < 4.78 is 16.4. The molecule has 1 aromatic heterocycles. The predicted octanol–water partition coefficient (Wildman–Crippen LogP) is 2.61. The smallest absolute Gasteiger partial charge is 0.203 e. The summed E-state index contributed by atoms with van der Waals surface area (Å²) in [6.45, 7) is 0.567. The normalized spacial score (nSPS) is 10.4. The van der Waals surface area contributed by atoms with Crippen molar-refractivity contribution in [1.82, 2.24) is 9.97 Å². The van der Waals surface area contributed by atoms with Gasteiger partial charge in [0.2, 0.25) is 5.75 Å². The standard InChI is InChI=1S/C16H22N4O3S/c1-21-11-6-5-7-12(22-2)15(11)23-8-3-4-9-24-16-19-13(17)10-14(18)20-16/h5-7,10H,3-4,8-9H2,1-2H3,(H4,17,18,19,20). The number of hydrogen-bond acceptors (Lipinski definition) is 8. The van der Waals surface area contributed by atoms with Crippen LogP contribution in [-0.4, -0.2) is 36.5 Å². The van der Waals surface area contributed by atoms with E-state index >= 15 is 0 Å². The van der Waals surface area contributed by atoms with E-state index in [-0.39, 0.29) is 0 Å². The van der Waals surface area contributed by atoms with Gasteiger partial charge >= 0.3 is 0 Å². The van der Waals surface area contributed by atoms with Crippen molar-refractivity contribution in [2.45, 2.75) is 18.0 Å². The second kappa shape index (κ2) is 9.07. The number of nitrogens with two attached hydrogens (primary N) is 2. The maximum atomic E-state index is 5.81. The average Bonchev–Trinajstić information content (AvgIpc) is 2.56. The minimum absolute atomic E-state index is 0.386. The first-order valence-corrected chi connectivity index (χ1v) is 8.49. The number of ether oxygens (including phenoxy) is 3. The average molecular weight is 350 g/mol. The van der Waals surface area contributed by atoms with Crippen LogP contribution in [0.1, 0.15) is 12.8 Å². The molecule has 0 aliphatic carbocycles. The van der Waals surface area contributed by atoms with Gasteiger partial charge in [-0.05, 0) is 25.0 Å². The molecule has 8 heteroatoms. The molecule has 0 atom stereocenters. The monoisotopic (exact) mass is 350 g/mol. The molecule has 7 nitrogen and oxygen atoms in total. The number of methoxy groups -OCH3 is 2. The molecular formula is C16H22N4O3S. The Morgan fingerprint density at radius 1 is 1.00 bits per heavy atom. The minimum atomic E-state index is 0.386. The molecule has 2 aromatic rings. The quantitative estimate of drug-likeness (QED) is 0.404. The molecule has 0 fully saturated rings.